The van der Waals surface area contributed by atoms with Gasteiger partial charge in [0.15, 0.2) is 0 Å². The molecule has 0 radical (unpaired) electrons. The molecule has 14 heavy (non-hydrogen) atoms. The smallest absolute Gasteiger partial charge is 0.134 e. The SMILES string of the molecule is CC(C)CCS(=O)C1CCCC(=O)C1. The first-order valence-electron chi connectivity index (χ1n) is 5.48. The lowest BCUT2D eigenvalue weighted by atomic mass is 9.99. The Morgan fingerprint density at radius 3 is 2.79 bits per heavy atom. The third kappa shape index (κ3) is 3.91. The van der Waals surface area contributed by atoms with Crippen LogP contribution in [0.2, 0.25) is 0 Å². The standard InChI is InChI=1S/C11H20O2S/c1-9(2)6-7-14(13)11-5-3-4-10(12)8-11/h9,11H,3-8H2,1-2H3. The molecule has 2 nitrogen and oxygen atoms in total. The summed E-state index contributed by atoms with van der Waals surface area (Å²) in [5, 5.41) is 0.162. The fourth-order valence-corrected chi connectivity index (χ4v) is 3.57. The molecule has 0 N–H and O–H groups in total. The molecule has 3 heteroatoms. The molecule has 0 aromatic heterocycles. The molecule has 0 saturated heterocycles. The molecule has 0 spiro atoms. The zero-order valence-electron chi connectivity index (χ0n) is 9.12. The Balaban J connectivity index is 2.32. The number of hydrogen-bond donors (Lipinski definition) is 0. The van der Waals surface area contributed by atoms with Gasteiger partial charge in [-0.1, -0.05) is 13.8 Å². The summed E-state index contributed by atoms with van der Waals surface area (Å²) in [4.78, 5) is 11.2. The average Bonchev–Trinajstić information content (AvgIpc) is 2.14. The van der Waals surface area contributed by atoms with Crippen molar-refractivity contribution in [2.75, 3.05) is 5.75 Å². The minimum atomic E-state index is -0.769. The fraction of sp³-hybridized carbons (Fsp3) is 0.909. The molecule has 0 aromatic rings. The summed E-state index contributed by atoms with van der Waals surface area (Å²) in [5.74, 6) is 1.69. The van der Waals surface area contributed by atoms with E-state index < -0.39 is 10.8 Å². The zero-order valence-corrected chi connectivity index (χ0v) is 9.94. The summed E-state index contributed by atoms with van der Waals surface area (Å²) >= 11 is 0. The lowest BCUT2D eigenvalue weighted by Crippen LogP contribution is -2.26. The molecular formula is C11H20O2S. The number of ketones is 1. The van der Waals surface area contributed by atoms with E-state index in [2.05, 4.69) is 13.8 Å². The lowest BCUT2D eigenvalue weighted by molar-refractivity contribution is -0.120. The molecule has 1 saturated carbocycles. The van der Waals surface area contributed by atoms with Gasteiger partial charge in [0.2, 0.25) is 0 Å². The molecule has 1 rings (SSSR count). The maximum atomic E-state index is 11.8. The van der Waals surface area contributed by atoms with Crippen LogP contribution in [0.5, 0.6) is 0 Å². The van der Waals surface area contributed by atoms with Gasteiger partial charge < -0.3 is 0 Å². The van der Waals surface area contributed by atoms with E-state index in [9.17, 15) is 9.00 Å². The van der Waals surface area contributed by atoms with E-state index in [0.29, 0.717) is 24.5 Å². The molecule has 0 heterocycles. The maximum absolute atomic E-state index is 11.8. The summed E-state index contributed by atoms with van der Waals surface area (Å²) in [6.07, 6.45) is 4.20. The highest BCUT2D eigenvalue weighted by Crippen LogP contribution is 2.20. The topological polar surface area (TPSA) is 34.1 Å². The van der Waals surface area contributed by atoms with Crippen LogP contribution in [0.15, 0.2) is 0 Å². The molecule has 2 atom stereocenters. The first kappa shape index (κ1) is 11.9. The van der Waals surface area contributed by atoms with E-state index in [4.69, 9.17) is 0 Å². The Labute approximate surface area is 88.9 Å². The normalized spacial score (nSPS) is 25.4. The van der Waals surface area contributed by atoms with Crippen LogP contribution in [0.1, 0.15) is 46.0 Å². The fourth-order valence-electron chi connectivity index (χ4n) is 1.73. The van der Waals surface area contributed by atoms with Crippen LogP contribution in [0, 0.1) is 5.92 Å². The Bertz CT molecular complexity index is 223. The minimum Gasteiger partial charge on any atom is -0.300 e. The minimum absolute atomic E-state index is 0.162. The molecule has 0 amide bonds. The molecule has 1 aliphatic rings. The van der Waals surface area contributed by atoms with Gasteiger partial charge in [-0.15, -0.1) is 0 Å². The van der Waals surface area contributed by atoms with Crippen LogP contribution >= 0.6 is 0 Å². The molecule has 0 aliphatic heterocycles. The van der Waals surface area contributed by atoms with Crippen LogP contribution in [0.3, 0.4) is 0 Å². The average molecular weight is 216 g/mol. The Hall–Kier alpha value is -0.180. The van der Waals surface area contributed by atoms with Crippen molar-refractivity contribution in [2.24, 2.45) is 5.92 Å². The second kappa shape index (κ2) is 5.64. The van der Waals surface area contributed by atoms with E-state index in [0.717, 1.165) is 25.0 Å². The van der Waals surface area contributed by atoms with Gasteiger partial charge in [0.1, 0.15) is 5.78 Å². The third-order valence-electron chi connectivity index (χ3n) is 2.71. The molecule has 1 fully saturated rings. The first-order valence-corrected chi connectivity index (χ1v) is 6.86. The van der Waals surface area contributed by atoms with Crippen molar-refractivity contribution in [3.8, 4) is 0 Å². The molecule has 2 unspecified atom stereocenters. The highest BCUT2D eigenvalue weighted by atomic mass is 32.2. The highest BCUT2D eigenvalue weighted by molar-refractivity contribution is 7.85. The van der Waals surface area contributed by atoms with Crippen LogP contribution in [0.4, 0.5) is 0 Å². The van der Waals surface area contributed by atoms with Crippen LogP contribution in [-0.4, -0.2) is 21.0 Å². The number of hydrogen-bond acceptors (Lipinski definition) is 2. The van der Waals surface area contributed by atoms with Gasteiger partial charge >= 0.3 is 0 Å². The first-order chi connectivity index (χ1) is 6.59. The molecule has 82 valence electrons. The number of Topliss-reactive ketones (excluding diaryl/α,β-unsaturated/α-hetero) is 1. The summed E-state index contributed by atoms with van der Waals surface area (Å²) < 4.78 is 11.8. The monoisotopic (exact) mass is 216 g/mol. The van der Waals surface area contributed by atoms with Gasteiger partial charge in [-0.3, -0.25) is 9.00 Å². The second-order valence-electron chi connectivity index (χ2n) is 4.52. The zero-order chi connectivity index (χ0) is 10.6. The predicted molar refractivity (Wildman–Crippen MR) is 59.7 cm³/mol. The summed E-state index contributed by atoms with van der Waals surface area (Å²) in [6, 6.07) is 0. The molecule has 0 bridgehead atoms. The Kier molecular flexibility index (Phi) is 4.79. The maximum Gasteiger partial charge on any atom is 0.134 e. The van der Waals surface area contributed by atoms with Crippen molar-refractivity contribution < 1.29 is 9.00 Å². The van der Waals surface area contributed by atoms with E-state index in [1.165, 1.54) is 0 Å². The van der Waals surface area contributed by atoms with Crippen LogP contribution in [-0.2, 0) is 15.6 Å². The molecule has 0 aromatic carbocycles. The van der Waals surface area contributed by atoms with Gasteiger partial charge in [-0.05, 0) is 25.2 Å². The van der Waals surface area contributed by atoms with E-state index in [1.54, 1.807) is 0 Å². The summed E-state index contributed by atoms with van der Waals surface area (Å²) in [6.45, 7) is 4.28. The summed E-state index contributed by atoms with van der Waals surface area (Å²) in [5.41, 5.74) is 0. The van der Waals surface area contributed by atoms with E-state index >= 15 is 0 Å². The molecular weight excluding hydrogens is 196 g/mol. The van der Waals surface area contributed by atoms with Crippen LogP contribution < -0.4 is 0 Å². The molecule has 1 aliphatic carbocycles. The summed E-state index contributed by atoms with van der Waals surface area (Å²) in [7, 11) is -0.769. The van der Waals surface area contributed by atoms with Crippen molar-refractivity contribution in [1.82, 2.24) is 0 Å². The lowest BCUT2D eigenvalue weighted by Gasteiger charge is -2.20. The van der Waals surface area contributed by atoms with Gasteiger partial charge in [0.25, 0.3) is 0 Å². The van der Waals surface area contributed by atoms with Gasteiger partial charge in [0.05, 0.1) is 0 Å². The van der Waals surface area contributed by atoms with Gasteiger partial charge in [0, 0.05) is 34.6 Å². The van der Waals surface area contributed by atoms with Crippen molar-refractivity contribution in [3.63, 3.8) is 0 Å². The largest absolute Gasteiger partial charge is 0.300 e. The Morgan fingerprint density at radius 1 is 1.50 bits per heavy atom. The van der Waals surface area contributed by atoms with Crippen molar-refractivity contribution >= 4 is 16.6 Å². The van der Waals surface area contributed by atoms with Crippen molar-refractivity contribution in [2.45, 2.75) is 51.2 Å². The predicted octanol–water partition coefficient (Wildman–Crippen LogP) is 2.29. The number of rotatable bonds is 4. The highest BCUT2D eigenvalue weighted by Gasteiger charge is 2.24. The van der Waals surface area contributed by atoms with Crippen LogP contribution in [0.25, 0.3) is 0 Å². The van der Waals surface area contributed by atoms with Gasteiger partial charge in [-0.2, -0.15) is 0 Å². The number of carbonyl (C=O) groups excluding carboxylic acids is 1. The van der Waals surface area contributed by atoms with E-state index in [1.807, 2.05) is 0 Å². The van der Waals surface area contributed by atoms with E-state index in [-0.39, 0.29) is 5.25 Å². The third-order valence-corrected chi connectivity index (χ3v) is 4.49. The quantitative estimate of drug-likeness (QED) is 0.722. The van der Waals surface area contributed by atoms with Crippen molar-refractivity contribution in [3.05, 3.63) is 0 Å². The van der Waals surface area contributed by atoms with Gasteiger partial charge in [-0.25, -0.2) is 0 Å². The Morgan fingerprint density at radius 2 is 2.21 bits per heavy atom. The van der Waals surface area contributed by atoms with Crippen molar-refractivity contribution in [1.29, 1.82) is 0 Å². The number of carbonyl (C=O) groups is 1. The second-order valence-corrected chi connectivity index (χ2v) is 6.36.